The number of hydrogen-bond acceptors (Lipinski definition) is 4. The topological polar surface area (TPSA) is 112 Å². The quantitative estimate of drug-likeness (QED) is 0.743. The Kier molecular flexibility index (Phi) is 4.33. The number of carboxylic acids is 1. The predicted molar refractivity (Wildman–Crippen MR) is 79.9 cm³/mol. The van der Waals surface area contributed by atoms with Gasteiger partial charge in [-0.05, 0) is 28.1 Å². The first-order valence-corrected chi connectivity index (χ1v) is 8.21. The lowest BCUT2D eigenvalue weighted by molar-refractivity contribution is 0.0698. The Balaban J connectivity index is 2.44. The van der Waals surface area contributed by atoms with Crippen LogP contribution >= 0.6 is 15.9 Å². The Morgan fingerprint density at radius 2 is 2.19 bits per heavy atom. The molecule has 21 heavy (non-hydrogen) atoms. The predicted octanol–water partition coefficient (Wildman–Crippen LogP) is 2.23. The molecule has 0 radical (unpaired) electrons. The molecule has 9 heteroatoms. The molecule has 0 atom stereocenters. The zero-order valence-electron chi connectivity index (χ0n) is 10.9. The average molecular weight is 374 g/mol. The highest BCUT2D eigenvalue weighted by molar-refractivity contribution is 9.10. The number of nitrogens with zero attached hydrogens (tertiary/aromatic N) is 1. The van der Waals surface area contributed by atoms with Crippen molar-refractivity contribution in [2.24, 2.45) is 0 Å². The van der Waals surface area contributed by atoms with E-state index in [1.165, 1.54) is 18.3 Å². The van der Waals surface area contributed by atoms with Crippen molar-refractivity contribution in [3.63, 3.8) is 0 Å². The van der Waals surface area contributed by atoms with E-state index in [0.717, 1.165) is 0 Å². The molecule has 2 aromatic rings. The third-order valence-electron chi connectivity index (χ3n) is 2.71. The van der Waals surface area contributed by atoms with Gasteiger partial charge in [0.2, 0.25) is 0 Å². The normalized spacial score (nSPS) is 11.3. The molecular weight excluding hydrogens is 362 g/mol. The molecule has 0 aliphatic heterocycles. The molecule has 2 rings (SSSR count). The highest BCUT2D eigenvalue weighted by atomic mass is 79.9. The van der Waals surface area contributed by atoms with E-state index in [4.69, 9.17) is 5.11 Å². The van der Waals surface area contributed by atoms with Crippen molar-refractivity contribution in [3.8, 4) is 0 Å². The Morgan fingerprint density at radius 3 is 2.76 bits per heavy atom. The molecule has 0 saturated heterocycles. The van der Waals surface area contributed by atoms with Gasteiger partial charge in [0.15, 0.2) is 5.03 Å². The van der Waals surface area contributed by atoms with E-state index in [-0.39, 0.29) is 16.3 Å². The smallest absolute Gasteiger partial charge is 0.337 e. The van der Waals surface area contributed by atoms with E-state index >= 15 is 0 Å². The summed E-state index contributed by atoms with van der Waals surface area (Å²) in [6.07, 6.45) is 1.75. The van der Waals surface area contributed by atoms with Crippen molar-refractivity contribution < 1.29 is 18.3 Å². The molecule has 112 valence electrons. The van der Waals surface area contributed by atoms with Gasteiger partial charge in [-0.2, -0.15) is 8.42 Å². The minimum atomic E-state index is -3.94. The Morgan fingerprint density at radius 1 is 1.48 bits per heavy atom. The zero-order chi connectivity index (χ0) is 15.6. The first-order valence-electron chi connectivity index (χ1n) is 5.93. The minimum Gasteiger partial charge on any atom is -0.478 e. The molecule has 1 aromatic carbocycles. The number of anilines is 1. The fraction of sp³-hybridized carbons (Fsp3) is 0.167. The standard InChI is InChI=1S/C12H12BrN3O4S/c1-2-9-14-6-10(15-9)21(19,20)16-11-7(12(17)18)4-3-5-8(11)13/h3-6,16H,2H2,1H3,(H,14,15)(H,17,18). The van der Waals surface area contributed by atoms with Crippen LogP contribution in [-0.4, -0.2) is 29.5 Å². The van der Waals surface area contributed by atoms with Gasteiger partial charge in [0.25, 0.3) is 10.0 Å². The van der Waals surface area contributed by atoms with E-state index in [1.54, 1.807) is 6.07 Å². The highest BCUT2D eigenvalue weighted by Crippen LogP contribution is 2.28. The Hall–Kier alpha value is -1.87. The number of para-hydroxylation sites is 1. The molecule has 1 aromatic heterocycles. The second kappa shape index (κ2) is 5.86. The van der Waals surface area contributed by atoms with Crippen LogP contribution < -0.4 is 4.72 Å². The largest absolute Gasteiger partial charge is 0.478 e. The van der Waals surface area contributed by atoms with Crippen LogP contribution in [0, 0.1) is 0 Å². The van der Waals surface area contributed by atoms with Crippen LogP contribution in [0.25, 0.3) is 0 Å². The van der Waals surface area contributed by atoms with Gasteiger partial charge in [0.1, 0.15) is 5.82 Å². The average Bonchev–Trinajstić information content (AvgIpc) is 2.90. The van der Waals surface area contributed by atoms with E-state index in [0.29, 0.717) is 16.7 Å². The molecule has 0 fully saturated rings. The second-order valence-corrected chi connectivity index (χ2v) is 6.63. The molecule has 0 aliphatic rings. The first-order chi connectivity index (χ1) is 9.85. The van der Waals surface area contributed by atoms with Crippen LogP contribution in [0.4, 0.5) is 5.69 Å². The van der Waals surface area contributed by atoms with Gasteiger partial charge >= 0.3 is 5.97 Å². The van der Waals surface area contributed by atoms with Gasteiger partial charge in [-0.3, -0.25) is 4.72 Å². The van der Waals surface area contributed by atoms with Crippen LogP contribution in [0.5, 0.6) is 0 Å². The number of aromatic carboxylic acids is 1. The third-order valence-corrected chi connectivity index (χ3v) is 4.63. The summed E-state index contributed by atoms with van der Waals surface area (Å²) in [6, 6.07) is 4.38. The number of aryl methyl sites for hydroxylation is 1. The molecular formula is C12H12BrN3O4S. The van der Waals surface area contributed by atoms with E-state index in [2.05, 4.69) is 30.6 Å². The summed E-state index contributed by atoms with van der Waals surface area (Å²) in [7, 11) is -3.94. The minimum absolute atomic E-state index is 0.0300. The lowest BCUT2D eigenvalue weighted by atomic mass is 10.2. The molecule has 0 saturated carbocycles. The summed E-state index contributed by atoms with van der Waals surface area (Å²) in [5, 5.41) is 9.00. The first kappa shape index (κ1) is 15.5. The molecule has 0 amide bonds. The van der Waals surface area contributed by atoms with Crippen molar-refractivity contribution >= 4 is 37.6 Å². The summed E-state index contributed by atoms with van der Waals surface area (Å²) in [5.41, 5.74) is -0.180. The number of imidazole rings is 1. The Bertz CT molecular complexity index is 786. The van der Waals surface area contributed by atoms with Crippen LogP contribution in [0.3, 0.4) is 0 Å². The van der Waals surface area contributed by atoms with Crippen LogP contribution in [0.1, 0.15) is 23.1 Å². The third kappa shape index (κ3) is 3.24. The van der Waals surface area contributed by atoms with E-state index in [9.17, 15) is 13.2 Å². The van der Waals surface area contributed by atoms with Gasteiger partial charge in [0, 0.05) is 10.9 Å². The fourth-order valence-electron chi connectivity index (χ4n) is 1.65. The van der Waals surface area contributed by atoms with Gasteiger partial charge in [0.05, 0.1) is 17.4 Å². The fourth-order valence-corrected chi connectivity index (χ4v) is 3.29. The monoisotopic (exact) mass is 373 g/mol. The van der Waals surface area contributed by atoms with Gasteiger partial charge < -0.3 is 10.1 Å². The summed E-state index contributed by atoms with van der Waals surface area (Å²) < 4.78 is 27.1. The SMILES string of the molecule is CCc1ncc(S(=O)(=O)Nc2c(Br)cccc2C(=O)O)[nH]1. The Labute approximate surface area is 129 Å². The number of aromatic amines is 1. The van der Waals surface area contributed by atoms with Gasteiger partial charge in [-0.15, -0.1) is 0 Å². The molecule has 0 bridgehead atoms. The van der Waals surface area contributed by atoms with Crippen LogP contribution in [-0.2, 0) is 16.4 Å². The lowest BCUT2D eigenvalue weighted by Gasteiger charge is -2.11. The molecule has 7 nitrogen and oxygen atoms in total. The van der Waals surface area contributed by atoms with Crippen molar-refractivity contribution in [1.29, 1.82) is 0 Å². The van der Waals surface area contributed by atoms with Crippen molar-refractivity contribution in [1.82, 2.24) is 9.97 Å². The summed E-state index contributed by atoms with van der Waals surface area (Å²) in [4.78, 5) is 17.8. The van der Waals surface area contributed by atoms with Crippen molar-refractivity contribution in [2.75, 3.05) is 4.72 Å². The maximum atomic E-state index is 12.3. The van der Waals surface area contributed by atoms with Gasteiger partial charge in [-0.25, -0.2) is 9.78 Å². The maximum absolute atomic E-state index is 12.3. The molecule has 0 spiro atoms. The summed E-state index contributed by atoms with van der Waals surface area (Å²) >= 11 is 3.14. The zero-order valence-corrected chi connectivity index (χ0v) is 13.3. The van der Waals surface area contributed by atoms with Crippen molar-refractivity contribution in [3.05, 3.63) is 40.3 Å². The summed E-state index contributed by atoms with van der Waals surface area (Å²) in [6.45, 7) is 1.83. The van der Waals surface area contributed by atoms with E-state index in [1.807, 2.05) is 6.92 Å². The molecule has 0 unspecified atom stereocenters. The van der Waals surface area contributed by atoms with E-state index < -0.39 is 16.0 Å². The number of carbonyl (C=O) groups is 1. The summed E-state index contributed by atoms with van der Waals surface area (Å²) in [5.74, 6) is -0.700. The number of aromatic nitrogens is 2. The van der Waals surface area contributed by atoms with Gasteiger partial charge in [-0.1, -0.05) is 13.0 Å². The second-order valence-electron chi connectivity index (χ2n) is 4.12. The number of rotatable bonds is 5. The number of carboxylic acid groups (broad SMARTS) is 1. The maximum Gasteiger partial charge on any atom is 0.337 e. The number of H-pyrrole nitrogens is 1. The lowest BCUT2D eigenvalue weighted by Crippen LogP contribution is -2.16. The van der Waals surface area contributed by atoms with Crippen molar-refractivity contribution in [2.45, 2.75) is 18.4 Å². The number of sulfonamides is 1. The number of hydrogen-bond donors (Lipinski definition) is 3. The molecule has 3 N–H and O–H groups in total. The number of halogens is 1. The highest BCUT2D eigenvalue weighted by Gasteiger charge is 2.22. The molecule has 1 heterocycles. The number of nitrogens with one attached hydrogen (secondary N) is 2. The van der Waals surface area contributed by atoms with Crippen LogP contribution in [0.15, 0.2) is 33.9 Å². The van der Waals surface area contributed by atoms with Crippen LogP contribution in [0.2, 0.25) is 0 Å². The molecule has 0 aliphatic carbocycles. The number of benzene rings is 1.